The van der Waals surface area contributed by atoms with E-state index >= 15 is 0 Å². The van der Waals surface area contributed by atoms with Crippen molar-refractivity contribution in [1.82, 2.24) is 0 Å². The van der Waals surface area contributed by atoms with Gasteiger partial charge in [-0.15, -0.1) is 0 Å². The summed E-state index contributed by atoms with van der Waals surface area (Å²) in [7, 11) is 1.61. The van der Waals surface area contributed by atoms with Gasteiger partial charge in [-0.3, -0.25) is 9.59 Å². The van der Waals surface area contributed by atoms with E-state index in [0.29, 0.717) is 5.69 Å². The number of carbonyl (C=O) groups excluding carboxylic acids is 2. The lowest BCUT2D eigenvalue weighted by atomic mass is 9.98. The van der Waals surface area contributed by atoms with Crippen LogP contribution in [0.3, 0.4) is 0 Å². The van der Waals surface area contributed by atoms with Crippen molar-refractivity contribution < 1.29 is 23.5 Å². The molecule has 6 heteroatoms. The maximum absolute atomic E-state index is 13.1. The minimum Gasteiger partial charge on any atom is -0.497 e. The normalized spacial score (nSPS) is 11.7. The molecular formula is C22H20FNO4. The van der Waals surface area contributed by atoms with Crippen molar-refractivity contribution in [2.24, 2.45) is 0 Å². The fourth-order valence-corrected chi connectivity index (χ4v) is 2.80. The number of methoxy groups -OCH3 is 1. The molecule has 0 aliphatic rings. The minimum atomic E-state index is -0.534. The van der Waals surface area contributed by atoms with Crippen molar-refractivity contribution in [3.63, 3.8) is 0 Å². The molecule has 0 aliphatic heterocycles. The summed E-state index contributed by atoms with van der Waals surface area (Å²) in [5, 5.41) is 4.46. The second-order valence-corrected chi connectivity index (χ2v) is 6.36. The molecule has 0 fully saturated rings. The lowest BCUT2D eigenvalue weighted by Crippen LogP contribution is -2.23. The smallest absolute Gasteiger partial charge is 0.313 e. The molecule has 0 saturated heterocycles. The summed E-state index contributed by atoms with van der Waals surface area (Å²) in [4.78, 5) is 24.2. The number of halogens is 1. The molecule has 1 amide bonds. The zero-order valence-electron chi connectivity index (χ0n) is 15.6. The maximum Gasteiger partial charge on any atom is 0.313 e. The van der Waals surface area contributed by atoms with Gasteiger partial charge in [0.25, 0.3) is 5.91 Å². The van der Waals surface area contributed by atoms with Crippen LogP contribution < -0.4 is 10.1 Å². The summed E-state index contributed by atoms with van der Waals surface area (Å²) in [5.74, 6) is -1.28. The molecule has 0 spiro atoms. The third kappa shape index (κ3) is 4.65. The molecule has 0 aliphatic carbocycles. The molecule has 144 valence electrons. The predicted octanol–water partition coefficient (Wildman–Crippen LogP) is 4.27. The van der Waals surface area contributed by atoms with Crippen LogP contribution in [-0.4, -0.2) is 25.6 Å². The quantitative estimate of drug-likeness (QED) is 0.648. The van der Waals surface area contributed by atoms with E-state index in [1.807, 2.05) is 36.4 Å². The summed E-state index contributed by atoms with van der Waals surface area (Å²) in [5.41, 5.74) is 1.09. The number of ether oxygens (including phenoxy) is 2. The largest absolute Gasteiger partial charge is 0.497 e. The van der Waals surface area contributed by atoms with Gasteiger partial charge in [0.1, 0.15) is 11.6 Å². The maximum atomic E-state index is 13.1. The van der Waals surface area contributed by atoms with Gasteiger partial charge in [0, 0.05) is 5.69 Å². The molecule has 0 radical (unpaired) electrons. The first-order valence-electron chi connectivity index (χ1n) is 8.76. The Morgan fingerprint density at radius 3 is 2.54 bits per heavy atom. The third-order valence-corrected chi connectivity index (χ3v) is 4.38. The first-order valence-corrected chi connectivity index (χ1v) is 8.76. The topological polar surface area (TPSA) is 64.6 Å². The van der Waals surface area contributed by atoms with Crippen LogP contribution in [0.15, 0.2) is 60.7 Å². The van der Waals surface area contributed by atoms with Crippen LogP contribution in [0.4, 0.5) is 10.1 Å². The first kappa shape index (κ1) is 19.4. The summed E-state index contributed by atoms with van der Waals surface area (Å²) in [6.45, 7) is 1.28. The van der Waals surface area contributed by atoms with Crippen LogP contribution in [0.25, 0.3) is 10.8 Å². The molecular weight excluding hydrogens is 361 g/mol. The molecule has 1 atom stereocenters. The van der Waals surface area contributed by atoms with Gasteiger partial charge >= 0.3 is 5.97 Å². The van der Waals surface area contributed by atoms with E-state index in [4.69, 9.17) is 9.47 Å². The lowest BCUT2D eigenvalue weighted by Gasteiger charge is -2.13. The van der Waals surface area contributed by atoms with E-state index in [0.717, 1.165) is 22.1 Å². The lowest BCUT2D eigenvalue weighted by molar-refractivity contribution is -0.148. The van der Waals surface area contributed by atoms with E-state index in [-0.39, 0.29) is 0 Å². The summed E-state index contributed by atoms with van der Waals surface area (Å²) >= 11 is 0. The zero-order chi connectivity index (χ0) is 20.1. The zero-order valence-corrected chi connectivity index (χ0v) is 15.6. The van der Waals surface area contributed by atoms with Crippen molar-refractivity contribution >= 4 is 28.3 Å². The average molecular weight is 381 g/mol. The fourth-order valence-electron chi connectivity index (χ4n) is 2.80. The number of nitrogens with one attached hydrogen (secondary N) is 1. The van der Waals surface area contributed by atoms with Crippen LogP contribution in [0, 0.1) is 5.82 Å². The van der Waals surface area contributed by atoms with Gasteiger partial charge in [-0.05, 0) is 53.6 Å². The van der Waals surface area contributed by atoms with Crippen molar-refractivity contribution in [2.45, 2.75) is 12.8 Å². The van der Waals surface area contributed by atoms with Crippen LogP contribution in [0.1, 0.15) is 18.4 Å². The Morgan fingerprint density at radius 1 is 1.04 bits per heavy atom. The van der Waals surface area contributed by atoms with E-state index in [1.165, 1.54) is 18.2 Å². The number of rotatable bonds is 6. The highest BCUT2D eigenvalue weighted by molar-refractivity contribution is 5.93. The van der Waals surface area contributed by atoms with Crippen LogP contribution in [0.5, 0.6) is 5.75 Å². The number of hydrogen-bond donors (Lipinski definition) is 1. The van der Waals surface area contributed by atoms with E-state index in [1.54, 1.807) is 20.1 Å². The van der Waals surface area contributed by atoms with Gasteiger partial charge in [-0.2, -0.15) is 0 Å². The molecule has 0 aromatic heterocycles. The number of benzene rings is 3. The van der Waals surface area contributed by atoms with Gasteiger partial charge in [0.2, 0.25) is 0 Å². The van der Waals surface area contributed by atoms with Gasteiger partial charge in [0.05, 0.1) is 13.0 Å². The molecule has 3 aromatic rings. The van der Waals surface area contributed by atoms with Crippen molar-refractivity contribution in [1.29, 1.82) is 0 Å². The highest BCUT2D eigenvalue weighted by atomic mass is 19.1. The molecule has 5 nitrogen and oxygen atoms in total. The van der Waals surface area contributed by atoms with Gasteiger partial charge in [-0.25, -0.2) is 4.39 Å². The van der Waals surface area contributed by atoms with Crippen molar-refractivity contribution in [2.75, 3.05) is 19.0 Å². The first-order chi connectivity index (χ1) is 13.5. The number of hydrogen-bond acceptors (Lipinski definition) is 4. The van der Waals surface area contributed by atoms with Crippen molar-refractivity contribution in [3.05, 3.63) is 72.0 Å². The number of fused-ring (bicyclic) bond motifs is 1. The summed E-state index contributed by atoms with van der Waals surface area (Å²) in [6.07, 6.45) is 0. The summed E-state index contributed by atoms with van der Waals surface area (Å²) < 4.78 is 23.5. The van der Waals surface area contributed by atoms with Crippen LogP contribution in [-0.2, 0) is 14.3 Å². The number of anilines is 1. The minimum absolute atomic E-state index is 0.305. The number of amides is 1. The van der Waals surface area contributed by atoms with E-state index in [2.05, 4.69) is 5.32 Å². The Kier molecular flexibility index (Phi) is 5.89. The Bertz CT molecular complexity index is 1020. The molecule has 0 bridgehead atoms. The molecule has 1 N–H and O–H groups in total. The standard InChI is InChI=1S/C22H20FNO4/c1-14(15-6-7-17-11-20(27-2)9-8-16(17)10-15)22(26)28-13-21(25)24-19-5-3-4-18(23)12-19/h3-12,14H,13H2,1-2H3,(H,24,25)/t14-/m0/s1. The molecule has 0 heterocycles. The number of esters is 1. The van der Waals surface area contributed by atoms with Gasteiger partial charge < -0.3 is 14.8 Å². The molecule has 3 rings (SSSR count). The molecule has 0 unspecified atom stereocenters. The predicted molar refractivity (Wildman–Crippen MR) is 105 cm³/mol. The second kappa shape index (κ2) is 8.52. The molecule has 0 saturated carbocycles. The van der Waals surface area contributed by atoms with E-state index in [9.17, 15) is 14.0 Å². The Morgan fingerprint density at radius 2 is 1.79 bits per heavy atom. The fraction of sp³-hybridized carbons (Fsp3) is 0.182. The second-order valence-electron chi connectivity index (χ2n) is 6.36. The monoisotopic (exact) mass is 381 g/mol. The highest BCUT2D eigenvalue weighted by Crippen LogP contribution is 2.25. The Hall–Kier alpha value is -3.41. The SMILES string of the molecule is COc1ccc2cc([C@H](C)C(=O)OCC(=O)Nc3cccc(F)c3)ccc2c1. The Balaban J connectivity index is 1.60. The Labute approximate surface area is 162 Å². The van der Waals surface area contributed by atoms with Gasteiger partial charge in [0.15, 0.2) is 6.61 Å². The van der Waals surface area contributed by atoms with Gasteiger partial charge in [-0.1, -0.05) is 30.3 Å². The summed E-state index contributed by atoms with van der Waals surface area (Å²) in [6, 6.07) is 16.8. The van der Waals surface area contributed by atoms with Crippen LogP contribution >= 0.6 is 0 Å². The molecule has 3 aromatic carbocycles. The highest BCUT2D eigenvalue weighted by Gasteiger charge is 2.18. The van der Waals surface area contributed by atoms with Crippen molar-refractivity contribution in [3.8, 4) is 5.75 Å². The number of carbonyl (C=O) groups is 2. The third-order valence-electron chi connectivity index (χ3n) is 4.38. The van der Waals surface area contributed by atoms with E-state index < -0.39 is 30.2 Å². The molecule has 28 heavy (non-hydrogen) atoms. The average Bonchev–Trinajstić information content (AvgIpc) is 2.70. The van der Waals surface area contributed by atoms with Crippen LogP contribution in [0.2, 0.25) is 0 Å².